The van der Waals surface area contributed by atoms with Gasteiger partial charge in [0, 0.05) is 0 Å². The predicted molar refractivity (Wildman–Crippen MR) is 49.5 cm³/mol. The van der Waals surface area contributed by atoms with Crippen LogP contribution in [0.2, 0.25) is 0 Å². The summed E-state index contributed by atoms with van der Waals surface area (Å²) >= 11 is 0. The van der Waals surface area contributed by atoms with E-state index >= 15 is 0 Å². The normalized spacial score (nSPS) is 10.4. The van der Waals surface area contributed by atoms with Gasteiger partial charge in [0.15, 0.2) is 0 Å². The summed E-state index contributed by atoms with van der Waals surface area (Å²) in [4.78, 5) is 0. The molecular formula is C8H10N4O2. The van der Waals surface area contributed by atoms with Crippen LogP contribution in [0.3, 0.4) is 0 Å². The molecule has 0 aliphatic rings. The molecule has 3 N–H and O–H groups in total. The molecule has 0 aliphatic carbocycles. The number of nitrogen functional groups attached to an aromatic ring is 1. The molecule has 2 rings (SSSR count). The topological polar surface area (TPSA) is 90.1 Å². The maximum absolute atomic E-state index is 5.33. The van der Waals surface area contributed by atoms with Gasteiger partial charge in [0.2, 0.25) is 0 Å². The van der Waals surface area contributed by atoms with Crippen molar-refractivity contribution in [3.8, 4) is 0 Å². The van der Waals surface area contributed by atoms with Gasteiger partial charge in [-0.3, -0.25) is 0 Å². The van der Waals surface area contributed by atoms with Crippen LogP contribution in [-0.4, -0.2) is 10.2 Å². The maximum atomic E-state index is 5.33. The van der Waals surface area contributed by atoms with Gasteiger partial charge < -0.3 is 19.9 Å². The number of aryl methyl sites for hydroxylation is 1. The number of anilines is 2. The lowest BCUT2D eigenvalue weighted by molar-refractivity contribution is 0.486. The zero-order valence-corrected chi connectivity index (χ0v) is 7.65. The van der Waals surface area contributed by atoms with E-state index in [9.17, 15) is 0 Å². The van der Waals surface area contributed by atoms with Crippen LogP contribution >= 0.6 is 0 Å². The second-order valence-electron chi connectivity index (χ2n) is 2.81. The highest BCUT2D eigenvalue weighted by Gasteiger charge is 2.03. The SMILES string of the molecule is Cc1ccc(CNc2nnc(N)o2)o1. The van der Waals surface area contributed by atoms with Crippen LogP contribution < -0.4 is 11.1 Å². The van der Waals surface area contributed by atoms with E-state index in [-0.39, 0.29) is 12.0 Å². The second kappa shape index (κ2) is 3.41. The Morgan fingerprint density at radius 3 is 2.79 bits per heavy atom. The first-order valence-electron chi connectivity index (χ1n) is 4.12. The Balaban J connectivity index is 1.94. The molecule has 0 aliphatic heterocycles. The molecule has 0 bridgehead atoms. The summed E-state index contributed by atoms with van der Waals surface area (Å²) in [6.45, 7) is 2.38. The lowest BCUT2D eigenvalue weighted by Crippen LogP contribution is -1.97. The molecule has 6 nitrogen and oxygen atoms in total. The van der Waals surface area contributed by atoms with Crippen LogP contribution in [0.25, 0.3) is 0 Å². The Kier molecular flexibility index (Phi) is 2.10. The summed E-state index contributed by atoms with van der Waals surface area (Å²) in [5, 5.41) is 10.0. The van der Waals surface area contributed by atoms with Gasteiger partial charge in [-0.2, -0.15) is 0 Å². The van der Waals surface area contributed by atoms with Crippen molar-refractivity contribution >= 4 is 12.0 Å². The van der Waals surface area contributed by atoms with E-state index in [1.807, 2.05) is 19.1 Å². The molecule has 2 aromatic rings. The fraction of sp³-hybridized carbons (Fsp3) is 0.250. The summed E-state index contributed by atoms with van der Waals surface area (Å²) in [6, 6.07) is 4.10. The van der Waals surface area contributed by atoms with E-state index in [0.717, 1.165) is 11.5 Å². The van der Waals surface area contributed by atoms with E-state index in [4.69, 9.17) is 14.6 Å². The van der Waals surface area contributed by atoms with Gasteiger partial charge in [-0.1, -0.05) is 10.2 Å². The molecule has 2 heterocycles. The summed E-state index contributed by atoms with van der Waals surface area (Å²) in [6.07, 6.45) is 0. The van der Waals surface area contributed by atoms with Crippen molar-refractivity contribution < 1.29 is 8.83 Å². The fourth-order valence-corrected chi connectivity index (χ4v) is 1.05. The third-order valence-corrected chi connectivity index (χ3v) is 1.65. The van der Waals surface area contributed by atoms with Crippen molar-refractivity contribution in [2.24, 2.45) is 0 Å². The minimum absolute atomic E-state index is 0.0446. The second-order valence-corrected chi connectivity index (χ2v) is 2.81. The van der Waals surface area contributed by atoms with Crippen molar-refractivity contribution in [3.63, 3.8) is 0 Å². The molecule has 0 saturated heterocycles. The van der Waals surface area contributed by atoms with Crippen molar-refractivity contribution in [2.75, 3.05) is 11.1 Å². The van der Waals surface area contributed by atoms with Crippen molar-refractivity contribution in [2.45, 2.75) is 13.5 Å². The number of furan rings is 1. The minimum atomic E-state index is 0.0446. The van der Waals surface area contributed by atoms with Crippen LogP contribution in [0, 0.1) is 6.92 Å². The first-order valence-corrected chi connectivity index (χ1v) is 4.12. The van der Waals surface area contributed by atoms with E-state index in [1.165, 1.54) is 0 Å². The van der Waals surface area contributed by atoms with Crippen LogP contribution in [0.15, 0.2) is 21.0 Å². The molecule has 0 unspecified atom stereocenters. The molecule has 0 amide bonds. The van der Waals surface area contributed by atoms with Crippen molar-refractivity contribution in [1.82, 2.24) is 10.2 Å². The smallest absolute Gasteiger partial charge is 0.317 e. The Morgan fingerprint density at radius 1 is 1.36 bits per heavy atom. The molecule has 0 atom stereocenters. The van der Waals surface area contributed by atoms with Crippen LogP contribution in [0.5, 0.6) is 0 Å². The molecule has 74 valence electrons. The van der Waals surface area contributed by atoms with Gasteiger partial charge in [-0.15, -0.1) is 0 Å². The standard InChI is InChI=1S/C8H10N4O2/c1-5-2-3-6(13-5)4-10-8-12-11-7(9)14-8/h2-3H,4H2,1H3,(H2,9,11)(H,10,12). The Bertz CT molecular complexity index is 380. The lowest BCUT2D eigenvalue weighted by Gasteiger charge is -1.96. The predicted octanol–water partition coefficient (Wildman–Crippen LogP) is 1.17. The lowest BCUT2D eigenvalue weighted by atomic mass is 10.4. The van der Waals surface area contributed by atoms with Gasteiger partial charge in [0.25, 0.3) is 0 Å². The number of nitrogens with one attached hydrogen (secondary N) is 1. The average molecular weight is 194 g/mol. The van der Waals surface area contributed by atoms with Crippen molar-refractivity contribution in [3.05, 3.63) is 23.7 Å². The zero-order valence-electron chi connectivity index (χ0n) is 7.65. The molecule has 0 aromatic carbocycles. The zero-order chi connectivity index (χ0) is 9.97. The fourth-order valence-electron chi connectivity index (χ4n) is 1.05. The molecule has 0 saturated carbocycles. The number of rotatable bonds is 3. The molecular weight excluding hydrogens is 184 g/mol. The summed E-state index contributed by atoms with van der Waals surface area (Å²) in [5.41, 5.74) is 5.25. The first-order chi connectivity index (χ1) is 6.74. The van der Waals surface area contributed by atoms with Gasteiger partial charge >= 0.3 is 12.0 Å². The highest BCUT2D eigenvalue weighted by Crippen LogP contribution is 2.10. The summed E-state index contributed by atoms with van der Waals surface area (Å²) < 4.78 is 10.2. The molecule has 14 heavy (non-hydrogen) atoms. The van der Waals surface area contributed by atoms with Gasteiger partial charge in [-0.25, -0.2) is 0 Å². The Hall–Kier alpha value is -1.98. The summed E-state index contributed by atoms with van der Waals surface area (Å²) in [7, 11) is 0. The van der Waals surface area contributed by atoms with E-state index in [1.54, 1.807) is 0 Å². The van der Waals surface area contributed by atoms with E-state index in [0.29, 0.717) is 6.54 Å². The molecule has 0 fully saturated rings. The molecule has 0 radical (unpaired) electrons. The maximum Gasteiger partial charge on any atom is 0.317 e. The van der Waals surface area contributed by atoms with Crippen LogP contribution in [0.1, 0.15) is 11.5 Å². The molecule has 0 spiro atoms. The van der Waals surface area contributed by atoms with Gasteiger partial charge in [0.05, 0.1) is 6.54 Å². The number of hydrogen-bond acceptors (Lipinski definition) is 6. The van der Waals surface area contributed by atoms with Gasteiger partial charge in [-0.05, 0) is 19.1 Å². The monoisotopic (exact) mass is 194 g/mol. The average Bonchev–Trinajstić information content (AvgIpc) is 2.72. The minimum Gasteiger partial charge on any atom is -0.465 e. The number of nitrogens with zero attached hydrogens (tertiary/aromatic N) is 2. The summed E-state index contributed by atoms with van der Waals surface area (Å²) in [5.74, 6) is 1.67. The highest BCUT2D eigenvalue weighted by atomic mass is 16.4. The van der Waals surface area contributed by atoms with E-state index < -0.39 is 0 Å². The Morgan fingerprint density at radius 2 is 2.21 bits per heavy atom. The third-order valence-electron chi connectivity index (χ3n) is 1.65. The number of aromatic nitrogens is 2. The van der Waals surface area contributed by atoms with Crippen LogP contribution in [-0.2, 0) is 6.54 Å². The largest absolute Gasteiger partial charge is 0.465 e. The molecule has 6 heteroatoms. The third kappa shape index (κ3) is 1.85. The quantitative estimate of drug-likeness (QED) is 0.762. The Labute approximate surface area is 80.1 Å². The first kappa shape index (κ1) is 8.61. The van der Waals surface area contributed by atoms with Gasteiger partial charge in [0.1, 0.15) is 11.5 Å². The number of nitrogens with two attached hydrogens (primary N) is 1. The van der Waals surface area contributed by atoms with Crippen LogP contribution in [0.4, 0.5) is 12.0 Å². The number of hydrogen-bond donors (Lipinski definition) is 2. The molecule has 2 aromatic heterocycles. The van der Waals surface area contributed by atoms with Crippen molar-refractivity contribution in [1.29, 1.82) is 0 Å². The highest BCUT2D eigenvalue weighted by molar-refractivity contribution is 5.23. The van der Waals surface area contributed by atoms with E-state index in [2.05, 4.69) is 15.5 Å².